The minimum absolute atomic E-state index is 0.270. The van der Waals surface area contributed by atoms with Crippen LogP contribution in [0.25, 0.3) is 0 Å². The van der Waals surface area contributed by atoms with Crippen molar-refractivity contribution in [3.05, 3.63) is 35.6 Å². The predicted octanol–water partition coefficient (Wildman–Crippen LogP) is 1.88. The Morgan fingerprint density at radius 2 is 2.00 bits per heavy atom. The third kappa shape index (κ3) is 2.82. The molecule has 1 atom stereocenters. The van der Waals surface area contributed by atoms with Gasteiger partial charge in [0.15, 0.2) is 0 Å². The van der Waals surface area contributed by atoms with E-state index in [1.165, 1.54) is 6.07 Å². The molecule has 4 heteroatoms. The maximum atomic E-state index is 13.6. The highest BCUT2D eigenvalue weighted by atomic mass is 19.1. The van der Waals surface area contributed by atoms with Gasteiger partial charge in [-0.25, -0.2) is 4.39 Å². The Balaban J connectivity index is 2.17. The summed E-state index contributed by atoms with van der Waals surface area (Å²) in [7, 11) is 0. The summed E-state index contributed by atoms with van der Waals surface area (Å²) in [6.07, 6.45) is 4.36. The fraction of sp³-hybridized carbons (Fsp3) is 0.462. The van der Waals surface area contributed by atoms with Gasteiger partial charge in [0.25, 0.3) is 0 Å². The monoisotopic (exact) mass is 236 g/mol. The van der Waals surface area contributed by atoms with Crippen LogP contribution < -0.4 is 11.1 Å². The fourth-order valence-electron chi connectivity index (χ4n) is 2.36. The number of halogens is 1. The molecule has 0 bridgehead atoms. The summed E-state index contributed by atoms with van der Waals surface area (Å²) in [5.41, 5.74) is 5.69. The number of nitrogens with one attached hydrogen (secondary N) is 1. The molecule has 17 heavy (non-hydrogen) atoms. The van der Waals surface area contributed by atoms with Gasteiger partial charge in [0, 0.05) is 11.6 Å². The summed E-state index contributed by atoms with van der Waals surface area (Å²) < 4.78 is 13.6. The van der Waals surface area contributed by atoms with Crippen molar-refractivity contribution in [2.75, 3.05) is 0 Å². The first-order valence-corrected chi connectivity index (χ1v) is 5.98. The second-order valence-electron chi connectivity index (χ2n) is 4.50. The molecule has 1 fully saturated rings. The predicted molar refractivity (Wildman–Crippen MR) is 63.7 cm³/mol. The number of nitrogens with two attached hydrogens (primary N) is 1. The van der Waals surface area contributed by atoms with Crippen LogP contribution in [0.4, 0.5) is 4.39 Å². The highest BCUT2D eigenvalue weighted by molar-refractivity contribution is 5.81. The van der Waals surface area contributed by atoms with Crippen LogP contribution in [0.5, 0.6) is 0 Å². The van der Waals surface area contributed by atoms with Gasteiger partial charge >= 0.3 is 0 Å². The highest BCUT2D eigenvalue weighted by Gasteiger charge is 2.25. The lowest BCUT2D eigenvalue weighted by molar-refractivity contribution is -0.120. The van der Waals surface area contributed by atoms with Crippen molar-refractivity contribution in [2.45, 2.75) is 37.8 Å². The van der Waals surface area contributed by atoms with Gasteiger partial charge in [-0.1, -0.05) is 31.0 Å². The van der Waals surface area contributed by atoms with Crippen molar-refractivity contribution in [2.24, 2.45) is 5.73 Å². The van der Waals surface area contributed by atoms with Gasteiger partial charge in [0.2, 0.25) is 5.91 Å². The number of amides is 1. The standard InChI is InChI=1S/C13H17FN2O/c14-11-8-4-3-7-10(11)12(13(15)17)16-9-5-1-2-6-9/h3-4,7-9,12,16H,1-2,5-6H2,(H2,15,17). The summed E-state index contributed by atoms with van der Waals surface area (Å²) in [5, 5.41) is 3.16. The van der Waals surface area contributed by atoms with E-state index in [-0.39, 0.29) is 11.9 Å². The Labute approximate surface area is 100 Å². The van der Waals surface area contributed by atoms with E-state index in [2.05, 4.69) is 5.32 Å². The SMILES string of the molecule is NC(=O)C(NC1CCCC1)c1ccccc1F. The Kier molecular flexibility index (Phi) is 3.74. The van der Waals surface area contributed by atoms with E-state index in [4.69, 9.17) is 5.73 Å². The minimum atomic E-state index is -0.723. The first kappa shape index (κ1) is 12.0. The van der Waals surface area contributed by atoms with Crippen LogP contribution in [-0.4, -0.2) is 11.9 Å². The van der Waals surface area contributed by atoms with Crippen molar-refractivity contribution in [3.63, 3.8) is 0 Å². The number of carbonyl (C=O) groups excluding carboxylic acids is 1. The number of rotatable bonds is 4. The average Bonchev–Trinajstić information content (AvgIpc) is 2.79. The number of primary amides is 1. The first-order valence-electron chi connectivity index (χ1n) is 5.98. The molecular formula is C13H17FN2O. The molecule has 1 saturated carbocycles. The Morgan fingerprint density at radius 3 is 2.59 bits per heavy atom. The topological polar surface area (TPSA) is 55.1 Å². The van der Waals surface area contributed by atoms with Gasteiger partial charge < -0.3 is 5.73 Å². The van der Waals surface area contributed by atoms with Crippen molar-refractivity contribution in [1.82, 2.24) is 5.32 Å². The lowest BCUT2D eigenvalue weighted by Crippen LogP contribution is -2.39. The molecule has 0 radical (unpaired) electrons. The smallest absolute Gasteiger partial charge is 0.239 e. The van der Waals surface area contributed by atoms with Crippen molar-refractivity contribution >= 4 is 5.91 Å². The van der Waals surface area contributed by atoms with Gasteiger partial charge in [-0.2, -0.15) is 0 Å². The summed E-state index contributed by atoms with van der Waals surface area (Å²) in [6, 6.07) is 5.82. The molecule has 1 aliphatic carbocycles. The van der Waals surface area contributed by atoms with E-state index >= 15 is 0 Å². The number of benzene rings is 1. The maximum Gasteiger partial charge on any atom is 0.239 e. The van der Waals surface area contributed by atoms with Gasteiger partial charge in [-0.15, -0.1) is 0 Å². The van der Waals surface area contributed by atoms with Crippen molar-refractivity contribution in [3.8, 4) is 0 Å². The number of carbonyl (C=O) groups is 1. The molecule has 0 spiro atoms. The molecule has 0 saturated heterocycles. The van der Waals surface area contributed by atoms with Crippen LogP contribution in [0, 0.1) is 5.82 Å². The molecule has 3 nitrogen and oxygen atoms in total. The van der Waals surface area contributed by atoms with Crippen molar-refractivity contribution in [1.29, 1.82) is 0 Å². The van der Waals surface area contributed by atoms with Gasteiger partial charge in [0.05, 0.1) is 0 Å². The van der Waals surface area contributed by atoms with Crippen LogP contribution in [0.3, 0.4) is 0 Å². The normalized spacial score (nSPS) is 18.2. The van der Waals surface area contributed by atoms with E-state index in [0.717, 1.165) is 25.7 Å². The van der Waals surface area contributed by atoms with Crippen LogP contribution >= 0.6 is 0 Å². The quantitative estimate of drug-likeness (QED) is 0.838. The molecule has 1 aromatic rings. The minimum Gasteiger partial charge on any atom is -0.368 e. The molecule has 1 amide bonds. The fourth-order valence-corrected chi connectivity index (χ4v) is 2.36. The summed E-state index contributed by atoms with van der Waals surface area (Å²) in [5.74, 6) is -0.913. The zero-order valence-corrected chi connectivity index (χ0v) is 9.66. The van der Waals surface area contributed by atoms with E-state index in [9.17, 15) is 9.18 Å². The van der Waals surface area contributed by atoms with Gasteiger partial charge in [-0.05, 0) is 18.9 Å². The van der Waals surface area contributed by atoms with Crippen LogP contribution in [-0.2, 0) is 4.79 Å². The Morgan fingerprint density at radius 1 is 1.35 bits per heavy atom. The second kappa shape index (κ2) is 5.27. The molecule has 1 aliphatic rings. The number of hydrogen-bond donors (Lipinski definition) is 2. The van der Waals surface area contributed by atoms with Gasteiger partial charge in [0.1, 0.15) is 11.9 Å². The van der Waals surface area contributed by atoms with E-state index in [1.54, 1.807) is 18.2 Å². The summed E-state index contributed by atoms with van der Waals surface area (Å²) >= 11 is 0. The van der Waals surface area contributed by atoms with Crippen LogP contribution in [0.2, 0.25) is 0 Å². The average molecular weight is 236 g/mol. The third-order valence-electron chi connectivity index (χ3n) is 3.26. The third-order valence-corrected chi connectivity index (χ3v) is 3.26. The highest BCUT2D eigenvalue weighted by Crippen LogP contribution is 2.23. The molecule has 0 aliphatic heterocycles. The molecule has 0 heterocycles. The Bertz CT molecular complexity index is 402. The maximum absolute atomic E-state index is 13.6. The van der Waals surface area contributed by atoms with Gasteiger partial charge in [-0.3, -0.25) is 10.1 Å². The van der Waals surface area contributed by atoms with E-state index in [0.29, 0.717) is 5.56 Å². The summed E-state index contributed by atoms with van der Waals surface area (Å²) in [4.78, 5) is 11.4. The van der Waals surface area contributed by atoms with E-state index in [1.807, 2.05) is 0 Å². The number of hydrogen-bond acceptors (Lipinski definition) is 2. The molecule has 0 aromatic heterocycles. The van der Waals surface area contributed by atoms with Crippen LogP contribution in [0.15, 0.2) is 24.3 Å². The second-order valence-corrected chi connectivity index (χ2v) is 4.50. The zero-order chi connectivity index (χ0) is 12.3. The molecule has 1 aromatic carbocycles. The van der Waals surface area contributed by atoms with E-state index < -0.39 is 11.9 Å². The molecule has 92 valence electrons. The molecule has 2 rings (SSSR count). The Hall–Kier alpha value is -1.42. The lowest BCUT2D eigenvalue weighted by atomic mass is 10.0. The van der Waals surface area contributed by atoms with Crippen LogP contribution in [0.1, 0.15) is 37.3 Å². The lowest BCUT2D eigenvalue weighted by Gasteiger charge is -2.20. The molecule has 3 N–H and O–H groups in total. The molecular weight excluding hydrogens is 219 g/mol. The van der Waals surface area contributed by atoms with Crippen molar-refractivity contribution < 1.29 is 9.18 Å². The zero-order valence-electron chi connectivity index (χ0n) is 9.66. The summed E-state index contributed by atoms with van der Waals surface area (Å²) in [6.45, 7) is 0. The molecule has 1 unspecified atom stereocenters. The first-order chi connectivity index (χ1) is 8.18. The largest absolute Gasteiger partial charge is 0.368 e.